The number of halogens is 1. The minimum Gasteiger partial charge on any atom is -0.339 e. The van der Waals surface area contributed by atoms with Gasteiger partial charge in [0.05, 0.1) is 0 Å². The van der Waals surface area contributed by atoms with Crippen molar-refractivity contribution in [2.45, 2.75) is 19.4 Å². The second kappa shape index (κ2) is 8.37. The van der Waals surface area contributed by atoms with Gasteiger partial charge in [0.15, 0.2) is 0 Å². The highest BCUT2D eigenvalue weighted by Crippen LogP contribution is 2.19. The number of carbonyl (C=O) groups excluding carboxylic acids is 1. The molecular weight excluding hydrogens is 286 g/mol. The molecule has 4 nitrogen and oxygen atoms in total. The van der Waals surface area contributed by atoms with E-state index in [4.69, 9.17) is 5.73 Å². The molecular formula is C16H26ClN3O. The molecule has 1 heterocycles. The van der Waals surface area contributed by atoms with E-state index in [2.05, 4.69) is 19.0 Å². The van der Waals surface area contributed by atoms with Gasteiger partial charge in [-0.25, -0.2) is 0 Å². The monoisotopic (exact) mass is 311 g/mol. The summed E-state index contributed by atoms with van der Waals surface area (Å²) >= 11 is 0. The largest absolute Gasteiger partial charge is 0.339 e. The highest BCUT2D eigenvalue weighted by atomic mass is 35.5. The number of amides is 1. The molecule has 1 fully saturated rings. The molecule has 0 unspecified atom stereocenters. The summed E-state index contributed by atoms with van der Waals surface area (Å²) in [6.07, 6.45) is 2.20. The van der Waals surface area contributed by atoms with E-state index < -0.39 is 0 Å². The first-order valence-corrected chi connectivity index (χ1v) is 7.33. The zero-order valence-corrected chi connectivity index (χ0v) is 13.7. The number of nitrogens with two attached hydrogens (primary N) is 1. The van der Waals surface area contributed by atoms with Gasteiger partial charge >= 0.3 is 0 Å². The Morgan fingerprint density at radius 3 is 2.29 bits per heavy atom. The van der Waals surface area contributed by atoms with Crippen LogP contribution < -0.4 is 5.73 Å². The second-order valence-corrected chi connectivity index (χ2v) is 5.90. The summed E-state index contributed by atoms with van der Waals surface area (Å²) in [5, 5.41) is 0. The van der Waals surface area contributed by atoms with Gasteiger partial charge in [-0.3, -0.25) is 4.79 Å². The third-order valence-corrected chi connectivity index (χ3v) is 3.96. The second-order valence-electron chi connectivity index (χ2n) is 5.90. The van der Waals surface area contributed by atoms with Crippen LogP contribution in [0.15, 0.2) is 24.3 Å². The Morgan fingerprint density at radius 2 is 1.81 bits per heavy atom. The van der Waals surface area contributed by atoms with Crippen LogP contribution in [0.2, 0.25) is 0 Å². The first kappa shape index (κ1) is 18.0. The number of hydrogen-bond donors (Lipinski definition) is 1. The maximum atomic E-state index is 12.4. The number of piperidine rings is 1. The normalized spacial score (nSPS) is 15.9. The van der Waals surface area contributed by atoms with Gasteiger partial charge in [-0.05, 0) is 50.6 Å². The maximum Gasteiger partial charge on any atom is 0.253 e. The molecule has 2 N–H and O–H groups in total. The lowest BCUT2D eigenvalue weighted by atomic mass is 9.96. The van der Waals surface area contributed by atoms with E-state index in [0.717, 1.165) is 43.6 Å². The zero-order valence-electron chi connectivity index (χ0n) is 12.9. The van der Waals surface area contributed by atoms with Crippen LogP contribution >= 0.6 is 12.4 Å². The molecule has 1 aromatic carbocycles. The van der Waals surface area contributed by atoms with Crippen LogP contribution in [-0.2, 0) is 6.54 Å². The molecule has 1 saturated heterocycles. The molecule has 1 aromatic rings. The molecule has 1 amide bonds. The lowest BCUT2D eigenvalue weighted by molar-refractivity contribution is 0.0678. The fraction of sp³-hybridized carbons (Fsp3) is 0.562. The minimum atomic E-state index is 0. The number of likely N-dealkylation sites (tertiary alicyclic amines) is 1. The van der Waals surface area contributed by atoms with Crippen molar-refractivity contribution in [2.24, 2.45) is 11.7 Å². The van der Waals surface area contributed by atoms with Gasteiger partial charge in [0, 0.05) is 31.7 Å². The highest BCUT2D eigenvalue weighted by molar-refractivity contribution is 5.94. The van der Waals surface area contributed by atoms with Crippen molar-refractivity contribution in [3.8, 4) is 0 Å². The fourth-order valence-corrected chi connectivity index (χ4v) is 2.80. The van der Waals surface area contributed by atoms with Gasteiger partial charge in [0.1, 0.15) is 0 Å². The zero-order chi connectivity index (χ0) is 14.5. The molecule has 0 aromatic heterocycles. The van der Waals surface area contributed by atoms with Crippen LogP contribution in [0.4, 0.5) is 0 Å². The van der Waals surface area contributed by atoms with Gasteiger partial charge in [-0.15, -0.1) is 12.4 Å². The van der Waals surface area contributed by atoms with Crippen molar-refractivity contribution >= 4 is 18.3 Å². The van der Waals surface area contributed by atoms with Gasteiger partial charge in [0.25, 0.3) is 5.91 Å². The number of benzene rings is 1. The van der Waals surface area contributed by atoms with E-state index in [1.165, 1.54) is 0 Å². The van der Waals surface area contributed by atoms with Crippen LogP contribution in [0.3, 0.4) is 0 Å². The summed E-state index contributed by atoms with van der Waals surface area (Å²) in [5.41, 5.74) is 7.41. The topological polar surface area (TPSA) is 49.6 Å². The van der Waals surface area contributed by atoms with Crippen LogP contribution in [0, 0.1) is 5.92 Å². The summed E-state index contributed by atoms with van der Waals surface area (Å²) < 4.78 is 0. The Kier molecular flexibility index (Phi) is 7.15. The van der Waals surface area contributed by atoms with E-state index in [1.807, 2.05) is 29.2 Å². The first-order valence-electron chi connectivity index (χ1n) is 7.33. The SMILES string of the molecule is CN(C)CC1CCN(C(=O)c2ccc(CN)cc2)CC1.Cl. The smallest absolute Gasteiger partial charge is 0.253 e. The van der Waals surface area contributed by atoms with E-state index in [9.17, 15) is 4.79 Å². The van der Waals surface area contributed by atoms with Gasteiger partial charge in [-0.1, -0.05) is 12.1 Å². The molecule has 0 atom stereocenters. The van der Waals surface area contributed by atoms with Crippen molar-refractivity contribution in [3.05, 3.63) is 35.4 Å². The lowest BCUT2D eigenvalue weighted by Crippen LogP contribution is -2.40. The lowest BCUT2D eigenvalue weighted by Gasteiger charge is -2.33. The average molecular weight is 312 g/mol. The Labute approximate surface area is 133 Å². The van der Waals surface area contributed by atoms with Crippen molar-refractivity contribution in [2.75, 3.05) is 33.7 Å². The molecule has 0 aliphatic carbocycles. The van der Waals surface area contributed by atoms with E-state index in [0.29, 0.717) is 12.5 Å². The van der Waals surface area contributed by atoms with Gasteiger partial charge in [0.2, 0.25) is 0 Å². The predicted octanol–water partition coefficient (Wildman–Crippen LogP) is 1.98. The van der Waals surface area contributed by atoms with E-state index in [-0.39, 0.29) is 18.3 Å². The Bertz CT molecular complexity index is 439. The number of rotatable bonds is 4. The molecule has 1 aliphatic rings. The van der Waals surface area contributed by atoms with Crippen molar-refractivity contribution < 1.29 is 4.79 Å². The molecule has 1 aliphatic heterocycles. The predicted molar refractivity (Wildman–Crippen MR) is 88.8 cm³/mol. The average Bonchev–Trinajstić information content (AvgIpc) is 2.47. The van der Waals surface area contributed by atoms with Gasteiger partial charge < -0.3 is 15.5 Å². The molecule has 118 valence electrons. The molecule has 0 spiro atoms. The number of carbonyl (C=O) groups is 1. The Balaban J connectivity index is 0.00000220. The standard InChI is InChI=1S/C16H25N3O.ClH/c1-18(2)12-14-7-9-19(10-8-14)16(20)15-5-3-13(11-17)4-6-15;/h3-6,14H,7-12,17H2,1-2H3;1H. The third kappa shape index (κ3) is 4.99. The van der Waals surface area contributed by atoms with E-state index >= 15 is 0 Å². The summed E-state index contributed by atoms with van der Waals surface area (Å²) in [6, 6.07) is 7.64. The molecule has 2 rings (SSSR count). The summed E-state index contributed by atoms with van der Waals surface area (Å²) in [5.74, 6) is 0.866. The molecule has 0 saturated carbocycles. The number of nitrogens with zero attached hydrogens (tertiary/aromatic N) is 2. The summed E-state index contributed by atoms with van der Waals surface area (Å²) in [6.45, 7) is 3.38. The molecule has 21 heavy (non-hydrogen) atoms. The van der Waals surface area contributed by atoms with Gasteiger partial charge in [-0.2, -0.15) is 0 Å². The van der Waals surface area contributed by atoms with Crippen molar-refractivity contribution in [1.29, 1.82) is 0 Å². The minimum absolute atomic E-state index is 0. The first-order chi connectivity index (χ1) is 9.60. The number of hydrogen-bond acceptors (Lipinski definition) is 3. The maximum absolute atomic E-state index is 12.4. The van der Waals surface area contributed by atoms with Crippen LogP contribution in [-0.4, -0.2) is 49.4 Å². The quantitative estimate of drug-likeness (QED) is 0.925. The Hall–Kier alpha value is -1.10. The highest BCUT2D eigenvalue weighted by Gasteiger charge is 2.23. The summed E-state index contributed by atoms with van der Waals surface area (Å²) in [4.78, 5) is 16.6. The van der Waals surface area contributed by atoms with Crippen molar-refractivity contribution in [3.63, 3.8) is 0 Å². The molecule has 5 heteroatoms. The third-order valence-electron chi connectivity index (χ3n) is 3.96. The van der Waals surface area contributed by atoms with E-state index in [1.54, 1.807) is 0 Å². The molecule has 0 bridgehead atoms. The Morgan fingerprint density at radius 1 is 1.24 bits per heavy atom. The summed E-state index contributed by atoms with van der Waals surface area (Å²) in [7, 11) is 4.22. The van der Waals surface area contributed by atoms with Crippen LogP contribution in [0.1, 0.15) is 28.8 Å². The van der Waals surface area contributed by atoms with Crippen LogP contribution in [0.5, 0.6) is 0 Å². The van der Waals surface area contributed by atoms with Crippen molar-refractivity contribution in [1.82, 2.24) is 9.80 Å². The molecule has 0 radical (unpaired) electrons. The van der Waals surface area contributed by atoms with Crippen LogP contribution in [0.25, 0.3) is 0 Å². The fourth-order valence-electron chi connectivity index (χ4n) is 2.80.